The molecule has 0 spiro atoms. The molecule has 180 valence electrons. The number of aryl methyl sites for hydroxylation is 1. The monoisotopic (exact) mass is 479 g/mol. The van der Waals surface area contributed by atoms with Crippen LogP contribution in [0.4, 0.5) is 15.7 Å². The van der Waals surface area contributed by atoms with Gasteiger partial charge in [0, 0.05) is 42.3 Å². The van der Waals surface area contributed by atoms with Gasteiger partial charge in [0.2, 0.25) is 0 Å². The lowest BCUT2D eigenvalue weighted by Gasteiger charge is -2.34. The van der Waals surface area contributed by atoms with Crippen LogP contribution < -0.4 is 5.32 Å². The summed E-state index contributed by atoms with van der Waals surface area (Å²) in [5.41, 5.74) is 2.87. The minimum atomic E-state index is -0.485. The molecule has 0 bridgehead atoms. The fourth-order valence-corrected chi connectivity index (χ4v) is 4.87. The Hall–Kier alpha value is -3.00. The Kier molecular flexibility index (Phi) is 7.46. The first-order valence-corrected chi connectivity index (χ1v) is 12.6. The molecule has 1 aliphatic rings. The Morgan fingerprint density at radius 3 is 2.82 bits per heavy atom. The Labute approximate surface area is 205 Å². The summed E-state index contributed by atoms with van der Waals surface area (Å²) in [7, 11) is 0. The summed E-state index contributed by atoms with van der Waals surface area (Å²) in [4.78, 5) is 29.2. The van der Waals surface area contributed by atoms with Crippen molar-refractivity contribution in [2.75, 3.05) is 18.4 Å². The highest BCUT2D eigenvalue weighted by molar-refractivity contribution is 7.15. The number of amides is 1. The van der Waals surface area contributed by atoms with Crippen molar-refractivity contribution >= 4 is 28.4 Å². The molecule has 8 heteroatoms. The summed E-state index contributed by atoms with van der Waals surface area (Å²) in [5.74, 6) is 1.14. The van der Waals surface area contributed by atoms with E-state index in [1.165, 1.54) is 5.56 Å². The molecule has 4 heterocycles. The first-order chi connectivity index (χ1) is 16.2. The van der Waals surface area contributed by atoms with Crippen molar-refractivity contribution in [3.05, 3.63) is 64.6 Å². The van der Waals surface area contributed by atoms with E-state index in [0.717, 1.165) is 59.3 Å². The number of likely N-dealkylation sites (tertiary alicyclic amines) is 1. The maximum Gasteiger partial charge on any atom is 0.410 e. The number of anilines is 2. The summed E-state index contributed by atoms with van der Waals surface area (Å²) < 4.78 is 5.60. The van der Waals surface area contributed by atoms with Gasteiger partial charge in [-0.15, -0.1) is 11.3 Å². The van der Waals surface area contributed by atoms with Crippen LogP contribution in [0.2, 0.25) is 0 Å². The summed E-state index contributed by atoms with van der Waals surface area (Å²) in [5, 5.41) is 4.21. The maximum atomic E-state index is 12.6. The third kappa shape index (κ3) is 7.00. The SMILES string of the molecule is Cc1cnc(Nc2cc(Cc3cccnc3)cc(CC3CCCN(C(=O)OC(C)(C)C)C3)n2)s1. The minimum absolute atomic E-state index is 0.225. The van der Waals surface area contributed by atoms with E-state index in [4.69, 9.17) is 9.72 Å². The lowest BCUT2D eigenvalue weighted by molar-refractivity contribution is 0.0165. The van der Waals surface area contributed by atoms with Crippen molar-refractivity contribution in [3.63, 3.8) is 0 Å². The van der Waals surface area contributed by atoms with Gasteiger partial charge >= 0.3 is 6.09 Å². The molecule has 1 aliphatic heterocycles. The van der Waals surface area contributed by atoms with Crippen LogP contribution >= 0.6 is 11.3 Å². The first kappa shape index (κ1) is 24.1. The number of hydrogen-bond acceptors (Lipinski definition) is 7. The van der Waals surface area contributed by atoms with Crippen LogP contribution in [0.1, 0.15) is 55.3 Å². The lowest BCUT2D eigenvalue weighted by Crippen LogP contribution is -2.43. The standard InChI is InChI=1S/C26H33N5O2S/c1-18-15-28-24(34-18)30-23-14-21(11-19-7-5-9-27-16-19)13-22(29-23)12-20-8-6-10-31(17-20)25(32)33-26(2,3)4/h5,7,9,13-16,20H,6,8,10-12,17H2,1-4H3,(H,28,29,30). The van der Waals surface area contributed by atoms with Crippen LogP contribution in [0, 0.1) is 12.8 Å². The summed E-state index contributed by atoms with van der Waals surface area (Å²) in [6.07, 6.45) is 8.97. The van der Waals surface area contributed by atoms with Crippen molar-refractivity contribution in [2.45, 2.75) is 59.0 Å². The van der Waals surface area contributed by atoms with Crippen molar-refractivity contribution in [2.24, 2.45) is 5.92 Å². The zero-order valence-electron chi connectivity index (χ0n) is 20.4. The molecule has 3 aromatic heterocycles. The highest BCUT2D eigenvalue weighted by atomic mass is 32.1. The van der Waals surface area contributed by atoms with Crippen molar-refractivity contribution in [1.82, 2.24) is 19.9 Å². The Morgan fingerprint density at radius 1 is 1.26 bits per heavy atom. The molecule has 1 N–H and O–H groups in total. The number of rotatable bonds is 6. The molecule has 1 atom stereocenters. The van der Waals surface area contributed by atoms with Crippen LogP contribution in [0.3, 0.4) is 0 Å². The maximum absolute atomic E-state index is 12.6. The molecule has 1 saturated heterocycles. The number of hydrogen-bond donors (Lipinski definition) is 1. The molecule has 34 heavy (non-hydrogen) atoms. The van der Waals surface area contributed by atoms with E-state index in [0.29, 0.717) is 12.5 Å². The zero-order valence-corrected chi connectivity index (χ0v) is 21.2. The molecule has 1 fully saturated rings. The van der Waals surface area contributed by atoms with E-state index in [-0.39, 0.29) is 6.09 Å². The van der Waals surface area contributed by atoms with Gasteiger partial charge in [-0.25, -0.2) is 14.8 Å². The van der Waals surface area contributed by atoms with Gasteiger partial charge < -0.3 is 15.0 Å². The summed E-state index contributed by atoms with van der Waals surface area (Å²) in [6, 6.07) is 8.31. The Bertz CT molecular complexity index is 1110. The highest BCUT2D eigenvalue weighted by Gasteiger charge is 2.28. The third-order valence-electron chi connectivity index (χ3n) is 5.59. The quantitative estimate of drug-likeness (QED) is 0.484. The van der Waals surface area contributed by atoms with Crippen LogP contribution in [-0.4, -0.2) is 44.6 Å². The number of ether oxygens (including phenoxy) is 1. The van der Waals surface area contributed by atoms with E-state index in [1.54, 1.807) is 17.5 Å². The van der Waals surface area contributed by atoms with Gasteiger partial charge in [0.1, 0.15) is 11.4 Å². The van der Waals surface area contributed by atoms with Gasteiger partial charge in [0.25, 0.3) is 0 Å². The molecule has 7 nitrogen and oxygen atoms in total. The number of nitrogens with one attached hydrogen (secondary N) is 1. The third-order valence-corrected chi connectivity index (χ3v) is 6.42. The van der Waals surface area contributed by atoms with Crippen molar-refractivity contribution in [3.8, 4) is 0 Å². The van der Waals surface area contributed by atoms with Gasteiger partial charge in [0.15, 0.2) is 5.13 Å². The van der Waals surface area contributed by atoms with E-state index in [1.807, 2.05) is 51.1 Å². The largest absolute Gasteiger partial charge is 0.444 e. The lowest BCUT2D eigenvalue weighted by atomic mass is 9.92. The van der Waals surface area contributed by atoms with Gasteiger partial charge in [0.05, 0.1) is 0 Å². The van der Waals surface area contributed by atoms with Gasteiger partial charge in [-0.2, -0.15) is 0 Å². The van der Waals surface area contributed by atoms with Gasteiger partial charge in [-0.1, -0.05) is 6.07 Å². The fraction of sp³-hybridized carbons (Fsp3) is 0.462. The van der Waals surface area contributed by atoms with E-state index >= 15 is 0 Å². The molecule has 1 amide bonds. The molecular formula is C26H33N5O2S. The topological polar surface area (TPSA) is 80.2 Å². The zero-order chi connectivity index (χ0) is 24.1. The predicted octanol–water partition coefficient (Wildman–Crippen LogP) is 5.77. The van der Waals surface area contributed by atoms with E-state index < -0.39 is 5.60 Å². The van der Waals surface area contributed by atoms with Gasteiger partial charge in [-0.3, -0.25) is 4.98 Å². The van der Waals surface area contributed by atoms with Crippen molar-refractivity contribution < 1.29 is 9.53 Å². The fourth-order valence-electron chi connectivity index (χ4n) is 4.20. The van der Waals surface area contributed by atoms with Crippen molar-refractivity contribution in [1.29, 1.82) is 0 Å². The minimum Gasteiger partial charge on any atom is -0.444 e. The van der Waals surface area contributed by atoms with Crippen LogP contribution in [0.15, 0.2) is 42.9 Å². The molecule has 1 unspecified atom stereocenters. The van der Waals surface area contributed by atoms with Crippen LogP contribution in [0.5, 0.6) is 0 Å². The van der Waals surface area contributed by atoms with E-state index in [2.05, 4.69) is 33.5 Å². The number of nitrogens with zero attached hydrogens (tertiary/aromatic N) is 4. The molecule has 4 rings (SSSR count). The molecular weight excluding hydrogens is 446 g/mol. The van der Waals surface area contributed by atoms with Gasteiger partial charge in [-0.05, 0) is 88.6 Å². The van der Waals surface area contributed by atoms with Crippen LogP contribution in [0.25, 0.3) is 0 Å². The molecule has 0 radical (unpaired) electrons. The number of aromatic nitrogens is 3. The summed E-state index contributed by atoms with van der Waals surface area (Å²) >= 11 is 1.61. The second kappa shape index (κ2) is 10.5. The predicted molar refractivity (Wildman–Crippen MR) is 136 cm³/mol. The smallest absolute Gasteiger partial charge is 0.410 e. The first-order valence-electron chi connectivity index (χ1n) is 11.8. The number of carbonyl (C=O) groups is 1. The Morgan fingerprint density at radius 2 is 2.12 bits per heavy atom. The number of thiazole rings is 1. The molecule has 0 aromatic carbocycles. The number of piperidine rings is 1. The second-order valence-electron chi connectivity index (χ2n) is 9.93. The van der Waals surface area contributed by atoms with E-state index in [9.17, 15) is 4.79 Å². The average molecular weight is 480 g/mol. The number of pyridine rings is 2. The molecule has 3 aromatic rings. The second-order valence-corrected chi connectivity index (χ2v) is 11.2. The normalized spacial score (nSPS) is 16.4. The van der Waals surface area contributed by atoms with Crippen LogP contribution in [-0.2, 0) is 17.6 Å². The molecule has 0 aliphatic carbocycles. The highest BCUT2D eigenvalue weighted by Crippen LogP contribution is 2.26. The molecule has 0 saturated carbocycles. The summed E-state index contributed by atoms with van der Waals surface area (Å²) in [6.45, 7) is 9.20. The number of carbonyl (C=O) groups excluding carboxylic acids is 1. The average Bonchev–Trinajstić information content (AvgIpc) is 3.18. The Balaban J connectivity index is 1.51.